The highest BCUT2D eigenvalue weighted by Gasteiger charge is 2.11. The molecule has 1 aromatic heterocycles. The van der Waals surface area contributed by atoms with Crippen LogP contribution in [-0.4, -0.2) is 15.8 Å². The number of nitrogens with zero attached hydrogens (tertiary/aromatic N) is 2. The fourth-order valence-electron chi connectivity index (χ4n) is 1.97. The summed E-state index contributed by atoms with van der Waals surface area (Å²) in [5.74, 6) is -0.335. The maximum atomic E-state index is 11.9. The second kappa shape index (κ2) is 6.77. The van der Waals surface area contributed by atoms with Gasteiger partial charge in [-0.05, 0) is 29.8 Å². The predicted octanol–water partition coefficient (Wildman–Crippen LogP) is 4.51. The summed E-state index contributed by atoms with van der Waals surface area (Å²) in [6, 6.07) is 11.4. The maximum Gasteiger partial charge on any atom is 0.270 e. The molecule has 0 bridgehead atoms. The number of carbonyl (C=O) groups is 1. The largest absolute Gasteiger partial charge is 0.298 e. The van der Waals surface area contributed by atoms with Gasteiger partial charge in [0.1, 0.15) is 0 Å². The van der Waals surface area contributed by atoms with Crippen molar-refractivity contribution in [3.63, 3.8) is 0 Å². The van der Waals surface area contributed by atoms with E-state index in [4.69, 9.17) is 11.6 Å². The molecule has 0 radical (unpaired) electrons. The molecule has 8 heteroatoms. The van der Waals surface area contributed by atoms with Crippen LogP contribution in [0.1, 0.15) is 5.56 Å². The zero-order chi connectivity index (χ0) is 17.1. The SMILES string of the molecule is O=C(C=Cc1ccc(Cl)cc1)Nc1nc2ccc([N+](=O)[O-])cc2s1. The summed E-state index contributed by atoms with van der Waals surface area (Å²) in [6.07, 6.45) is 3.04. The molecule has 24 heavy (non-hydrogen) atoms. The monoisotopic (exact) mass is 359 g/mol. The van der Waals surface area contributed by atoms with Gasteiger partial charge in [-0.1, -0.05) is 35.1 Å². The molecule has 120 valence electrons. The summed E-state index contributed by atoms with van der Waals surface area (Å²) in [4.78, 5) is 26.5. The molecule has 3 aromatic rings. The van der Waals surface area contributed by atoms with Crippen molar-refractivity contribution in [2.75, 3.05) is 5.32 Å². The number of nitrogens with one attached hydrogen (secondary N) is 1. The Balaban J connectivity index is 1.73. The van der Waals surface area contributed by atoms with Gasteiger partial charge in [0.05, 0.1) is 15.1 Å². The molecule has 0 saturated carbocycles. The van der Waals surface area contributed by atoms with Crippen LogP contribution in [0.25, 0.3) is 16.3 Å². The van der Waals surface area contributed by atoms with E-state index in [2.05, 4.69) is 10.3 Å². The number of benzene rings is 2. The number of nitro groups is 1. The van der Waals surface area contributed by atoms with Crippen molar-refractivity contribution < 1.29 is 9.72 Å². The third-order valence-electron chi connectivity index (χ3n) is 3.11. The molecule has 0 saturated heterocycles. The summed E-state index contributed by atoms with van der Waals surface area (Å²) in [5, 5.41) is 14.4. The van der Waals surface area contributed by atoms with Crippen LogP contribution in [-0.2, 0) is 4.79 Å². The normalized spacial score (nSPS) is 11.0. The number of carbonyl (C=O) groups excluding carboxylic acids is 1. The van der Waals surface area contributed by atoms with Crippen LogP contribution in [0.15, 0.2) is 48.5 Å². The Kier molecular flexibility index (Phi) is 4.54. The molecule has 1 heterocycles. The van der Waals surface area contributed by atoms with Crippen molar-refractivity contribution in [1.82, 2.24) is 4.98 Å². The lowest BCUT2D eigenvalue weighted by Crippen LogP contribution is -2.07. The number of amides is 1. The lowest BCUT2D eigenvalue weighted by molar-refractivity contribution is -0.384. The third kappa shape index (κ3) is 3.76. The minimum Gasteiger partial charge on any atom is -0.298 e. The summed E-state index contributed by atoms with van der Waals surface area (Å²) >= 11 is 6.98. The number of aromatic nitrogens is 1. The molecule has 0 atom stereocenters. The number of anilines is 1. The van der Waals surface area contributed by atoms with Gasteiger partial charge in [-0.15, -0.1) is 0 Å². The van der Waals surface area contributed by atoms with Gasteiger partial charge < -0.3 is 0 Å². The van der Waals surface area contributed by atoms with Crippen molar-refractivity contribution >= 4 is 56.0 Å². The number of nitro benzene ring substituents is 1. The number of hydrogen-bond donors (Lipinski definition) is 1. The van der Waals surface area contributed by atoms with Crippen LogP contribution in [0, 0.1) is 10.1 Å². The van der Waals surface area contributed by atoms with Crippen LogP contribution in [0.3, 0.4) is 0 Å². The van der Waals surface area contributed by atoms with Crippen LogP contribution in [0.4, 0.5) is 10.8 Å². The first-order valence-electron chi connectivity index (χ1n) is 6.81. The van der Waals surface area contributed by atoms with E-state index in [1.54, 1.807) is 36.4 Å². The molecule has 0 aliphatic rings. The molecule has 0 unspecified atom stereocenters. The van der Waals surface area contributed by atoms with Crippen molar-refractivity contribution in [3.8, 4) is 0 Å². The predicted molar refractivity (Wildman–Crippen MR) is 95.4 cm³/mol. The number of non-ortho nitro benzene ring substituents is 1. The van der Waals surface area contributed by atoms with Crippen LogP contribution >= 0.6 is 22.9 Å². The average Bonchev–Trinajstić information content (AvgIpc) is 2.95. The summed E-state index contributed by atoms with van der Waals surface area (Å²) in [6.45, 7) is 0. The first kappa shape index (κ1) is 16.1. The van der Waals surface area contributed by atoms with Gasteiger partial charge in [0, 0.05) is 23.2 Å². The van der Waals surface area contributed by atoms with E-state index in [9.17, 15) is 14.9 Å². The van der Waals surface area contributed by atoms with Gasteiger partial charge in [-0.2, -0.15) is 0 Å². The Hall–Kier alpha value is -2.77. The van der Waals surface area contributed by atoms with E-state index in [1.807, 2.05) is 0 Å². The Morgan fingerprint density at radius 2 is 2.00 bits per heavy atom. The van der Waals surface area contributed by atoms with E-state index in [1.165, 1.54) is 29.5 Å². The number of fused-ring (bicyclic) bond motifs is 1. The molecular weight excluding hydrogens is 350 g/mol. The first-order chi connectivity index (χ1) is 11.5. The highest BCUT2D eigenvalue weighted by molar-refractivity contribution is 7.22. The van der Waals surface area contributed by atoms with Gasteiger partial charge in [-0.3, -0.25) is 20.2 Å². The Morgan fingerprint density at radius 3 is 2.71 bits per heavy atom. The van der Waals surface area contributed by atoms with Gasteiger partial charge in [0.2, 0.25) is 5.91 Å². The van der Waals surface area contributed by atoms with Crippen molar-refractivity contribution in [2.24, 2.45) is 0 Å². The molecule has 0 aliphatic carbocycles. The minimum atomic E-state index is -0.466. The van der Waals surface area contributed by atoms with Gasteiger partial charge in [0.15, 0.2) is 5.13 Å². The number of thiazole rings is 1. The van der Waals surface area contributed by atoms with Crippen LogP contribution in [0.5, 0.6) is 0 Å². The van der Waals surface area contributed by atoms with Crippen molar-refractivity contribution in [2.45, 2.75) is 0 Å². The molecular formula is C16H10ClN3O3S. The molecule has 0 fully saturated rings. The Morgan fingerprint density at radius 1 is 1.25 bits per heavy atom. The highest BCUT2D eigenvalue weighted by atomic mass is 35.5. The van der Waals surface area contributed by atoms with E-state index in [0.29, 0.717) is 20.4 Å². The van der Waals surface area contributed by atoms with Crippen LogP contribution in [0.2, 0.25) is 5.02 Å². The Bertz CT molecular complexity index is 951. The number of rotatable bonds is 4. The number of halogens is 1. The molecule has 1 amide bonds. The maximum absolute atomic E-state index is 11.9. The molecule has 6 nitrogen and oxygen atoms in total. The summed E-state index contributed by atoms with van der Waals surface area (Å²) in [5.41, 5.74) is 1.43. The summed E-state index contributed by atoms with van der Waals surface area (Å²) in [7, 11) is 0. The molecule has 1 N–H and O–H groups in total. The zero-order valence-electron chi connectivity index (χ0n) is 12.1. The Labute approximate surface area is 145 Å². The second-order valence-electron chi connectivity index (χ2n) is 4.80. The molecule has 3 rings (SSSR count). The average molecular weight is 360 g/mol. The molecule has 2 aromatic carbocycles. The van der Waals surface area contributed by atoms with Gasteiger partial charge in [-0.25, -0.2) is 4.98 Å². The summed E-state index contributed by atoms with van der Waals surface area (Å²) < 4.78 is 0.640. The van der Waals surface area contributed by atoms with E-state index < -0.39 is 4.92 Å². The quantitative estimate of drug-likeness (QED) is 0.422. The van der Waals surface area contributed by atoms with Crippen molar-refractivity contribution in [1.29, 1.82) is 0 Å². The smallest absolute Gasteiger partial charge is 0.270 e. The van der Waals surface area contributed by atoms with E-state index in [0.717, 1.165) is 5.56 Å². The van der Waals surface area contributed by atoms with Gasteiger partial charge in [0.25, 0.3) is 5.69 Å². The lowest BCUT2D eigenvalue weighted by atomic mass is 10.2. The number of hydrogen-bond acceptors (Lipinski definition) is 5. The third-order valence-corrected chi connectivity index (χ3v) is 4.30. The van der Waals surface area contributed by atoms with E-state index >= 15 is 0 Å². The lowest BCUT2D eigenvalue weighted by Gasteiger charge is -1.96. The fraction of sp³-hybridized carbons (Fsp3) is 0. The zero-order valence-corrected chi connectivity index (χ0v) is 13.7. The molecule has 0 aliphatic heterocycles. The van der Waals surface area contributed by atoms with Crippen molar-refractivity contribution in [3.05, 3.63) is 69.2 Å². The first-order valence-corrected chi connectivity index (χ1v) is 8.00. The van der Waals surface area contributed by atoms with Crippen LogP contribution < -0.4 is 5.32 Å². The second-order valence-corrected chi connectivity index (χ2v) is 6.27. The molecule has 0 spiro atoms. The van der Waals surface area contributed by atoms with Gasteiger partial charge >= 0.3 is 0 Å². The fourth-order valence-corrected chi connectivity index (χ4v) is 3.00. The van der Waals surface area contributed by atoms with E-state index in [-0.39, 0.29) is 11.6 Å². The standard InChI is InChI=1S/C16H10ClN3O3S/c17-11-4-1-10(2-5-11)3-8-15(21)19-16-18-13-7-6-12(20(22)23)9-14(13)24-16/h1-9H,(H,18,19,21). The topological polar surface area (TPSA) is 85.1 Å². The minimum absolute atomic E-state index is 0.00772. The highest BCUT2D eigenvalue weighted by Crippen LogP contribution is 2.29.